The summed E-state index contributed by atoms with van der Waals surface area (Å²) < 4.78 is 15.4. The molecule has 2 aliphatic heterocycles. The minimum Gasteiger partial charge on any atom is -0.389 e. The molecular formula is C28H35FN8O2S2. The van der Waals surface area contributed by atoms with E-state index in [1.54, 1.807) is 39.7 Å². The van der Waals surface area contributed by atoms with Gasteiger partial charge in [-0.2, -0.15) is 4.52 Å². The van der Waals surface area contributed by atoms with Crippen molar-refractivity contribution < 1.29 is 14.3 Å². The number of anilines is 3. The molecule has 10 nitrogen and oxygen atoms in total. The van der Waals surface area contributed by atoms with E-state index in [4.69, 9.17) is 15.1 Å². The number of likely N-dealkylation sites (N-methyl/N-ethyl adjacent to an activating group) is 1. The van der Waals surface area contributed by atoms with Gasteiger partial charge in [0.2, 0.25) is 16.0 Å². The highest BCUT2D eigenvalue weighted by atomic mass is 32.1. The van der Waals surface area contributed by atoms with Crippen molar-refractivity contribution in [1.29, 1.82) is 0 Å². The molecule has 13 heteroatoms. The zero-order chi connectivity index (χ0) is 28.8. The Labute approximate surface area is 246 Å². The zero-order valence-electron chi connectivity index (χ0n) is 23.7. The standard InChI is InChI=1S/C28H35FN8O2S2/c1-5-22-25(34(4)26-31-24(17(2)40-26)18-8-10-19(29)11-9-18)37-27(30-22)41-28(32-37)35-12-6-7-20(13-35)33(3)16-23(39)36-14-21(38)15-36/h8-11,20-21,38H,5-7,12-16H2,1-4H3. The van der Waals surface area contributed by atoms with Gasteiger partial charge in [-0.05, 0) is 57.5 Å². The minimum atomic E-state index is -0.383. The molecule has 1 unspecified atom stereocenters. The highest BCUT2D eigenvalue weighted by Crippen LogP contribution is 2.38. The van der Waals surface area contributed by atoms with Crippen LogP contribution in [0.5, 0.6) is 0 Å². The topological polar surface area (TPSA) is 93.3 Å². The number of aryl methyl sites for hydroxylation is 2. The van der Waals surface area contributed by atoms with Crippen molar-refractivity contribution >= 4 is 49.6 Å². The number of β-amino-alcohol motifs (C(OH)–C–C–N with tert-alkyl or cyclic N) is 1. The number of amides is 1. The van der Waals surface area contributed by atoms with E-state index in [0.29, 0.717) is 19.6 Å². The van der Waals surface area contributed by atoms with Gasteiger partial charge in [-0.15, -0.1) is 16.4 Å². The molecule has 1 aromatic carbocycles. The van der Waals surface area contributed by atoms with Crippen molar-refractivity contribution in [2.24, 2.45) is 0 Å². The van der Waals surface area contributed by atoms with E-state index in [1.807, 2.05) is 25.5 Å². The molecule has 0 bridgehead atoms. The number of fused-ring (bicyclic) bond motifs is 1. The summed E-state index contributed by atoms with van der Waals surface area (Å²) in [4.78, 5) is 32.5. The van der Waals surface area contributed by atoms with Gasteiger partial charge in [0, 0.05) is 49.7 Å². The van der Waals surface area contributed by atoms with E-state index in [1.165, 1.54) is 12.1 Å². The molecule has 2 aliphatic rings. The number of likely N-dealkylation sites (tertiary alicyclic amines) is 1. The quantitative estimate of drug-likeness (QED) is 0.328. The summed E-state index contributed by atoms with van der Waals surface area (Å²) in [6.45, 7) is 7.06. The van der Waals surface area contributed by atoms with Gasteiger partial charge in [0.25, 0.3) is 0 Å². The molecule has 41 heavy (non-hydrogen) atoms. The van der Waals surface area contributed by atoms with Gasteiger partial charge in [-0.1, -0.05) is 18.3 Å². The Morgan fingerprint density at radius 2 is 1.90 bits per heavy atom. The number of imidazole rings is 1. The number of carbonyl (C=O) groups excluding carboxylic acids is 1. The number of hydrogen-bond donors (Lipinski definition) is 1. The lowest BCUT2D eigenvalue weighted by atomic mass is 10.0. The number of aliphatic hydroxyl groups is 1. The molecule has 0 saturated carbocycles. The predicted molar refractivity (Wildman–Crippen MR) is 161 cm³/mol. The summed E-state index contributed by atoms with van der Waals surface area (Å²) in [7, 11) is 4.00. The van der Waals surface area contributed by atoms with Crippen LogP contribution in [0.3, 0.4) is 0 Å². The van der Waals surface area contributed by atoms with Gasteiger partial charge >= 0.3 is 0 Å². The van der Waals surface area contributed by atoms with Crippen molar-refractivity contribution in [3.05, 3.63) is 40.7 Å². The van der Waals surface area contributed by atoms with E-state index in [9.17, 15) is 14.3 Å². The van der Waals surface area contributed by atoms with Gasteiger partial charge in [0.1, 0.15) is 5.82 Å². The van der Waals surface area contributed by atoms with Gasteiger partial charge in [-0.25, -0.2) is 14.4 Å². The molecule has 1 amide bonds. The van der Waals surface area contributed by atoms with Crippen molar-refractivity contribution in [3.63, 3.8) is 0 Å². The summed E-state index contributed by atoms with van der Waals surface area (Å²) in [5.41, 5.74) is 2.69. The molecule has 3 aromatic heterocycles. The van der Waals surface area contributed by atoms with Crippen LogP contribution in [0.2, 0.25) is 0 Å². The predicted octanol–water partition coefficient (Wildman–Crippen LogP) is 3.80. The fraction of sp³-hybridized carbons (Fsp3) is 0.500. The smallest absolute Gasteiger partial charge is 0.236 e. The molecule has 0 spiro atoms. The molecule has 0 radical (unpaired) electrons. The lowest BCUT2D eigenvalue weighted by molar-refractivity contribution is -0.142. The van der Waals surface area contributed by atoms with Crippen LogP contribution in [0.15, 0.2) is 24.3 Å². The third kappa shape index (κ3) is 5.43. The SMILES string of the molecule is CCc1nc2sc(N3CCCC(N(C)CC(=O)N4CC(O)C4)C3)nn2c1N(C)c1nc(-c2ccc(F)cc2)c(C)s1. The third-order valence-corrected chi connectivity index (χ3v) is 9.99. The molecule has 5 heterocycles. The number of piperidine rings is 1. The third-order valence-electron chi connectivity index (χ3n) is 7.97. The Balaban J connectivity index is 1.22. The van der Waals surface area contributed by atoms with E-state index in [0.717, 1.165) is 75.2 Å². The van der Waals surface area contributed by atoms with Crippen LogP contribution in [-0.2, 0) is 11.2 Å². The highest BCUT2D eigenvalue weighted by Gasteiger charge is 2.32. The van der Waals surface area contributed by atoms with Crippen LogP contribution in [0.25, 0.3) is 16.2 Å². The first-order valence-corrected chi connectivity index (χ1v) is 15.6. The van der Waals surface area contributed by atoms with Crippen molar-refractivity contribution in [1.82, 2.24) is 29.4 Å². The number of hydrogen-bond acceptors (Lipinski definition) is 10. The molecule has 218 valence electrons. The van der Waals surface area contributed by atoms with Gasteiger partial charge in [0.15, 0.2) is 10.9 Å². The largest absolute Gasteiger partial charge is 0.389 e. The molecule has 4 aromatic rings. The summed E-state index contributed by atoms with van der Waals surface area (Å²) in [5, 5.41) is 16.3. The van der Waals surface area contributed by atoms with Gasteiger partial charge in [0.05, 0.1) is 24.0 Å². The first kappa shape index (κ1) is 28.0. The second-order valence-corrected chi connectivity index (χ2v) is 13.0. The number of rotatable bonds is 8. The van der Waals surface area contributed by atoms with Crippen molar-refractivity contribution in [3.8, 4) is 11.3 Å². The first-order chi connectivity index (χ1) is 19.7. The lowest BCUT2D eigenvalue weighted by Gasteiger charge is -2.40. The molecular weight excluding hydrogens is 563 g/mol. The minimum absolute atomic E-state index is 0.0717. The number of aromatic nitrogens is 4. The Morgan fingerprint density at radius 3 is 2.61 bits per heavy atom. The molecule has 6 rings (SSSR count). The lowest BCUT2D eigenvalue weighted by Crippen LogP contribution is -2.57. The van der Waals surface area contributed by atoms with Crippen LogP contribution >= 0.6 is 22.7 Å². The fourth-order valence-corrected chi connectivity index (χ4v) is 7.40. The molecule has 0 aliphatic carbocycles. The maximum Gasteiger partial charge on any atom is 0.236 e. The summed E-state index contributed by atoms with van der Waals surface area (Å²) in [5.74, 6) is 0.708. The van der Waals surface area contributed by atoms with E-state index in [-0.39, 0.29) is 23.9 Å². The Bertz CT molecular complexity index is 1540. The number of nitrogens with zero attached hydrogens (tertiary/aromatic N) is 8. The normalized spacial score (nSPS) is 18.0. The van der Waals surface area contributed by atoms with Crippen molar-refractivity contribution in [2.75, 3.05) is 56.6 Å². The van der Waals surface area contributed by atoms with Gasteiger partial charge < -0.3 is 19.8 Å². The molecule has 2 fully saturated rings. The average Bonchev–Trinajstić information content (AvgIpc) is 3.63. The van der Waals surface area contributed by atoms with E-state index >= 15 is 0 Å². The number of aliphatic hydroxyl groups excluding tert-OH is 1. The Morgan fingerprint density at radius 1 is 1.15 bits per heavy atom. The fourth-order valence-electron chi connectivity index (χ4n) is 5.55. The van der Waals surface area contributed by atoms with E-state index < -0.39 is 0 Å². The summed E-state index contributed by atoms with van der Waals surface area (Å²) in [6, 6.07) is 6.69. The second-order valence-electron chi connectivity index (χ2n) is 10.9. The van der Waals surface area contributed by atoms with Gasteiger partial charge in [-0.3, -0.25) is 9.69 Å². The van der Waals surface area contributed by atoms with Crippen LogP contribution in [-0.4, -0.2) is 99.4 Å². The number of thiazole rings is 1. The second kappa shape index (κ2) is 11.3. The molecule has 1 N–H and O–H groups in total. The molecule has 2 saturated heterocycles. The van der Waals surface area contributed by atoms with Crippen molar-refractivity contribution in [2.45, 2.75) is 45.3 Å². The first-order valence-electron chi connectivity index (χ1n) is 14.0. The van der Waals surface area contributed by atoms with Crippen LogP contribution in [0.1, 0.15) is 30.3 Å². The monoisotopic (exact) mass is 598 g/mol. The van der Waals surface area contributed by atoms with Crippen LogP contribution < -0.4 is 9.80 Å². The van der Waals surface area contributed by atoms with Crippen LogP contribution in [0.4, 0.5) is 20.5 Å². The Hall–Kier alpha value is -3.13. The maximum absolute atomic E-state index is 13.5. The Kier molecular flexibility index (Phi) is 7.70. The highest BCUT2D eigenvalue weighted by molar-refractivity contribution is 7.20. The maximum atomic E-state index is 13.5. The number of halogens is 1. The van der Waals surface area contributed by atoms with E-state index in [2.05, 4.69) is 21.6 Å². The average molecular weight is 599 g/mol. The number of carbonyl (C=O) groups is 1. The summed E-state index contributed by atoms with van der Waals surface area (Å²) >= 11 is 3.18. The van der Waals surface area contributed by atoms with Crippen LogP contribution in [0, 0.1) is 12.7 Å². The zero-order valence-corrected chi connectivity index (χ0v) is 25.4. The number of benzene rings is 1. The summed E-state index contributed by atoms with van der Waals surface area (Å²) in [6.07, 6.45) is 2.43. The molecule has 1 atom stereocenters.